The summed E-state index contributed by atoms with van der Waals surface area (Å²) in [7, 11) is 0. The van der Waals surface area contributed by atoms with E-state index < -0.39 is 6.04 Å². The van der Waals surface area contributed by atoms with Crippen LogP contribution in [0.25, 0.3) is 11.1 Å². The minimum Gasteiger partial charge on any atom is -0.355 e. The zero-order valence-corrected chi connectivity index (χ0v) is 13.5. The highest BCUT2D eigenvalue weighted by molar-refractivity contribution is 5.99. The Labute approximate surface area is 140 Å². The summed E-state index contributed by atoms with van der Waals surface area (Å²) in [5.74, 6) is -0.325. The summed E-state index contributed by atoms with van der Waals surface area (Å²) in [4.78, 5) is 26.7. The molecular formula is C17H21N5O2. The Hall–Kier alpha value is -2.67. The first-order valence-electron chi connectivity index (χ1n) is 8.03. The second-order valence-electron chi connectivity index (χ2n) is 5.93. The fourth-order valence-electron chi connectivity index (χ4n) is 3.04. The van der Waals surface area contributed by atoms with Crippen LogP contribution in [0.3, 0.4) is 0 Å². The van der Waals surface area contributed by atoms with E-state index in [2.05, 4.69) is 15.5 Å². The SMILES string of the molecule is CCNC(=O)[C@@H]1C[C@H](N)CN1C(=O)c1cccc(-c2cn[nH]c2)c1. The predicted molar refractivity (Wildman–Crippen MR) is 90.1 cm³/mol. The van der Waals surface area contributed by atoms with Crippen LogP contribution >= 0.6 is 0 Å². The first-order valence-corrected chi connectivity index (χ1v) is 8.03. The zero-order chi connectivity index (χ0) is 17.1. The molecule has 0 saturated carbocycles. The molecule has 4 N–H and O–H groups in total. The maximum Gasteiger partial charge on any atom is 0.254 e. The topological polar surface area (TPSA) is 104 Å². The van der Waals surface area contributed by atoms with Crippen molar-refractivity contribution in [2.24, 2.45) is 5.73 Å². The van der Waals surface area contributed by atoms with Crippen molar-refractivity contribution >= 4 is 11.8 Å². The normalized spacial score (nSPS) is 20.2. The number of rotatable bonds is 4. The van der Waals surface area contributed by atoms with E-state index in [1.165, 1.54) is 0 Å². The molecule has 7 heteroatoms. The van der Waals surface area contributed by atoms with Gasteiger partial charge in [0, 0.05) is 36.5 Å². The average Bonchev–Trinajstić information content (AvgIpc) is 3.24. The molecule has 7 nitrogen and oxygen atoms in total. The molecule has 1 aromatic carbocycles. The van der Waals surface area contributed by atoms with Crippen molar-refractivity contribution in [1.29, 1.82) is 0 Å². The van der Waals surface area contributed by atoms with E-state index in [1.54, 1.807) is 23.4 Å². The van der Waals surface area contributed by atoms with Gasteiger partial charge in [-0.2, -0.15) is 5.10 Å². The number of likely N-dealkylation sites (tertiary alicyclic amines) is 1. The van der Waals surface area contributed by atoms with Crippen LogP contribution in [0.2, 0.25) is 0 Å². The molecule has 0 aliphatic carbocycles. The van der Waals surface area contributed by atoms with Gasteiger partial charge in [0.05, 0.1) is 6.20 Å². The van der Waals surface area contributed by atoms with Crippen LogP contribution in [0.4, 0.5) is 0 Å². The number of hydrogen-bond acceptors (Lipinski definition) is 4. The summed E-state index contributed by atoms with van der Waals surface area (Å²) in [5.41, 5.74) is 8.33. The number of benzene rings is 1. The van der Waals surface area contributed by atoms with Crippen LogP contribution in [0.1, 0.15) is 23.7 Å². The first-order chi connectivity index (χ1) is 11.6. The number of nitrogens with one attached hydrogen (secondary N) is 2. The third-order valence-corrected chi connectivity index (χ3v) is 4.19. The maximum absolute atomic E-state index is 12.9. The van der Waals surface area contributed by atoms with Gasteiger partial charge in [-0.3, -0.25) is 14.7 Å². The highest BCUT2D eigenvalue weighted by Gasteiger charge is 2.38. The molecule has 0 bridgehead atoms. The summed E-state index contributed by atoms with van der Waals surface area (Å²) in [6.45, 7) is 2.77. The van der Waals surface area contributed by atoms with Gasteiger partial charge in [0.2, 0.25) is 5.91 Å². The monoisotopic (exact) mass is 327 g/mol. The van der Waals surface area contributed by atoms with Crippen LogP contribution in [-0.4, -0.2) is 52.1 Å². The molecule has 2 aromatic rings. The summed E-state index contributed by atoms with van der Waals surface area (Å²) in [5, 5.41) is 9.46. The van der Waals surface area contributed by atoms with E-state index in [9.17, 15) is 9.59 Å². The number of H-pyrrole nitrogens is 1. The highest BCUT2D eigenvalue weighted by atomic mass is 16.2. The lowest BCUT2D eigenvalue weighted by molar-refractivity contribution is -0.124. The molecule has 1 aliphatic rings. The number of carbonyl (C=O) groups is 2. The Kier molecular flexibility index (Phi) is 4.61. The van der Waals surface area contributed by atoms with Crippen LogP contribution in [0, 0.1) is 0 Å². The van der Waals surface area contributed by atoms with Gasteiger partial charge in [-0.15, -0.1) is 0 Å². The number of amides is 2. The fraction of sp³-hybridized carbons (Fsp3) is 0.353. The number of carbonyl (C=O) groups excluding carboxylic acids is 2. The minimum absolute atomic E-state index is 0.148. The van der Waals surface area contributed by atoms with Crippen molar-refractivity contribution in [1.82, 2.24) is 20.4 Å². The van der Waals surface area contributed by atoms with Crippen molar-refractivity contribution in [2.45, 2.75) is 25.4 Å². The van der Waals surface area contributed by atoms with Gasteiger partial charge in [0.1, 0.15) is 6.04 Å². The number of nitrogens with two attached hydrogens (primary N) is 1. The molecule has 1 saturated heterocycles. The molecular weight excluding hydrogens is 306 g/mol. The standard InChI is InChI=1S/C17H21N5O2/c1-2-19-16(23)15-7-14(18)10-22(15)17(24)12-5-3-4-11(6-12)13-8-20-21-9-13/h3-6,8-9,14-15H,2,7,10,18H2,1H3,(H,19,23)(H,20,21)/t14-,15-/m0/s1. The summed E-state index contributed by atoms with van der Waals surface area (Å²) in [6.07, 6.45) is 3.96. The number of aromatic amines is 1. The van der Waals surface area contributed by atoms with Gasteiger partial charge in [-0.1, -0.05) is 12.1 Å². The molecule has 1 aromatic heterocycles. The number of hydrogen-bond donors (Lipinski definition) is 3. The summed E-state index contributed by atoms with van der Waals surface area (Å²) >= 11 is 0. The van der Waals surface area contributed by atoms with Crippen LogP contribution in [0.15, 0.2) is 36.7 Å². The molecule has 1 aliphatic heterocycles. The van der Waals surface area contributed by atoms with E-state index in [4.69, 9.17) is 5.73 Å². The molecule has 24 heavy (non-hydrogen) atoms. The lowest BCUT2D eigenvalue weighted by Gasteiger charge is -2.23. The van der Waals surface area contributed by atoms with E-state index in [1.807, 2.05) is 25.1 Å². The van der Waals surface area contributed by atoms with Crippen molar-refractivity contribution in [3.05, 3.63) is 42.2 Å². The molecule has 0 spiro atoms. The lowest BCUT2D eigenvalue weighted by atomic mass is 10.1. The van der Waals surface area contributed by atoms with Crippen molar-refractivity contribution < 1.29 is 9.59 Å². The van der Waals surface area contributed by atoms with E-state index in [0.29, 0.717) is 25.1 Å². The van der Waals surface area contributed by atoms with Gasteiger partial charge in [-0.05, 0) is 31.0 Å². The average molecular weight is 327 g/mol. The molecule has 1 fully saturated rings. The molecule has 2 atom stereocenters. The quantitative estimate of drug-likeness (QED) is 0.771. The van der Waals surface area contributed by atoms with E-state index in [0.717, 1.165) is 11.1 Å². The molecule has 0 radical (unpaired) electrons. The third-order valence-electron chi connectivity index (χ3n) is 4.19. The van der Waals surface area contributed by atoms with Crippen LogP contribution in [0.5, 0.6) is 0 Å². The Bertz CT molecular complexity index is 728. The zero-order valence-electron chi connectivity index (χ0n) is 13.5. The number of likely N-dealkylation sites (N-methyl/N-ethyl adjacent to an activating group) is 1. The van der Waals surface area contributed by atoms with Crippen LogP contribution in [-0.2, 0) is 4.79 Å². The second kappa shape index (κ2) is 6.84. The van der Waals surface area contributed by atoms with Gasteiger partial charge in [0.25, 0.3) is 5.91 Å². The number of aromatic nitrogens is 2. The van der Waals surface area contributed by atoms with Crippen molar-refractivity contribution in [3.8, 4) is 11.1 Å². The highest BCUT2D eigenvalue weighted by Crippen LogP contribution is 2.23. The molecule has 0 unspecified atom stereocenters. The fourth-order valence-corrected chi connectivity index (χ4v) is 3.04. The number of nitrogens with zero attached hydrogens (tertiary/aromatic N) is 2. The Morgan fingerprint density at radius 2 is 2.25 bits per heavy atom. The Balaban J connectivity index is 1.85. The molecule has 126 valence electrons. The Morgan fingerprint density at radius 1 is 1.42 bits per heavy atom. The largest absolute Gasteiger partial charge is 0.355 e. The van der Waals surface area contributed by atoms with Gasteiger partial charge >= 0.3 is 0 Å². The van der Waals surface area contributed by atoms with Gasteiger partial charge in [-0.25, -0.2) is 0 Å². The predicted octanol–water partition coefficient (Wildman–Crippen LogP) is 0.755. The summed E-state index contributed by atoms with van der Waals surface area (Å²) < 4.78 is 0. The van der Waals surface area contributed by atoms with Gasteiger partial charge < -0.3 is 16.0 Å². The first kappa shape index (κ1) is 16.2. The van der Waals surface area contributed by atoms with E-state index in [-0.39, 0.29) is 17.9 Å². The second-order valence-corrected chi connectivity index (χ2v) is 5.93. The molecule has 2 amide bonds. The minimum atomic E-state index is -0.509. The van der Waals surface area contributed by atoms with Crippen LogP contribution < -0.4 is 11.1 Å². The maximum atomic E-state index is 12.9. The summed E-state index contributed by atoms with van der Waals surface area (Å²) in [6, 6.07) is 6.62. The van der Waals surface area contributed by atoms with Crippen molar-refractivity contribution in [3.63, 3.8) is 0 Å². The van der Waals surface area contributed by atoms with Gasteiger partial charge in [0.15, 0.2) is 0 Å². The molecule has 2 heterocycles. The van der Waals surface area contributed by atoms with Crippen molar-refractivity contribution in [2.75, 3.05) is 13.1 Å². The molecule has 3 rings (SSSR count). The smallest absolute Gasteiger partial charge is 0.254 e. The van der Waals surface area contributed by atoms with E-state index >= 15 is 0 Å². The lowest BCUT2D eigenvalue weighted by Crippen LogP contribution is -2.45. The Morgan fingerprint density at radius 3 is 2.96 bits per heavy atom. The third kappa shape index (κ3) is 3.16.